The van der Waals surface area contributed by atoms with E-state index in [9.17, 15) is 13.2 Å². The number of aromatic nitrogens is 1. The Morgan fingerprint density at radius 2 is 1.86 bits per heavy atom. The van der Waals surface area contributed by atoms with Gasteiger partial charge >= 0.3 is 6.36 Å². The summed E-state index contributed by atoms with van der Waals surface area (Å²) in [6.45, 7) is 5.32. The number of alkyl halides is 3. The zero-order valence-electron chi connectivity index (χ0n) is 16.3. The van der Waals surface area contributed by atoms with Crippen molar-refractivity contribution in [1.29, 1.82) is 0 Å². The third kappa shape index (κ3) is 5.36. The van der Waals surface area contributed by atoms with Crippen LogP contribution in [0.3, 0.4) is 0 Å². The second-order valence-corrected chi connectivity index (χ2v) is 7.38. The van der Waals surface area contributed by atoms with Crippen molar-refractivity contribution in [3.05, 3.63) is 53.9 Å². The molecule has 0 amide bonds. The summed E-state index contributed by atoms with van der Waals surface area (Å²) in [5.74, 6) is -0.203. The van der Waals surface area contributed by atoms with Crippen LogP contribution in [-0.4, -0.2) is 54.5 Å². The number of rotatable bonds is 6. The van der Waals surface area contributed by atoms with Crippen molar-refractivity contribution in [2.45, 2.75) is 32.4 Å². The van der Waals surface area contributed by atoms with Crippen molar-refractivity contribution in [2.75, 3.05) is 32.2 Å². The summed E-state index contributed by atoms with van der Waals surface area (Å²) < 4.78 is 40.9. The molecule has 28 heavy (non-hydrogen) atoms. The molecule has 1 aromatic carbocycles. The SMILES string of the molecule is CC1CN(c2ccc(OC(F)(F)F)cc2)CN1Cc1ccncc1CN(C)C. The summed E-state index contributed by atoms with van der Waals surface area (Å²) in [6.07, 6.45) is -0.950. The number of anilines is 1. The number of nitrogens with zero attached hydrogens (tertiary/aromatic N) is 4. The van der Waals surface area contributed by atoms with Gasteiger partial charge in [0.1, 0.15) is 5.75 Å². The van der Waals surface area contributed by atoms with Crippen LogP contribution in [0.1, 0.15) is 18.1 Å². The molecular formula is C20H25F3N4O. The summed E-state index contributed by atoms with van der Waals surface area (Å²) in [4.78, 5) is 10.9. The van der Waals surface area contributed by atoms with E-state index in [1.54, 1.807) is 12.1 Å². The Bertz CT molecular complexity index is 780. The molecule has 0 radical (unpaired) electrons. The van der Waals surface area contributed by atoms with Crippen molar-refractivity contribution in [3.63, 3.8) is 0 Å². The molecule has 1 fully saturated rings. The topological polar surface area (TPSA) is 31.8 Å². The fourth-order valence-electron chi connectivity index (χ4n) is 3.41. The molecule has 0 spiro atoms. The zero-order chi connectivity index (χ0) is 20.3. The van der Waals surface area contributed by atoms with Gasteiger partial charge in [0, 0.05) is 43.8 Å². The van der Waals surface area contributed by atoms with Crippen molar-refractivity contribution in [2.24, 2.45) is 0 Å². The Hall–Kier alpha value is -2.32. The third-order valence-electron chi connectivity index (χ3n) is 4.76. The number of pyridine rings is 1. The standard InChI is InChI=1S/C20H25F3N4O/c1-15-11-27(18-4-6-19(7-5-18)28-20(21,22)23)14-26(15)13-16-8-9-24-10-17(16)12-25(2)3/h4-10,15H,11-14H2,1-3H3. The first-order valence-electron chi connectivity index (χ1n) is 9.12. The minimum atomic E-state index is -4.67. The van der Waals surface area contributed by atoms with E-state index in [1.807, 2.05) is 26.5 Å². The molecule has 0 bridgehead atoms. The van der Waals surface area contributed by atoms with Crippen LogP contribution in [0.25, 0.3) is 0 Å². The molecule has 1 aliphatic rings. The van der Waals surface area contributed by atoms with Gasteiger partial charge < -0.3 is 14.5 Å². The fraction of sp³-hybridized carbons (Fsp3) is 0.450. The van der Waals surface area contributed by atoms with Gasteiger partial charge in [0.05, 0.1) is 6.67 Å². The molecule has 2 aromatic rings. The smallest absolute Gasteiger partial charge is 0.406 e. The second kappa shape index (κ2) is 8.36. The number of hydrogen-bond donors (Lipinski definition) is 0. The molecule has 8 heteroatoms. The number of hydrogen-bond acceptors (Lipinski definition) is 5. The zero-order valence-corrected chi connectivity index (χ0v) is 16.3. The summed E-state index contributed by atoms with van der Waals surface area (Å²) in [6, 6.07) is 8.42. The van der Waals surface area contributed by atoms with Crippen LogP contribution in [0, 0.1) is 0 Å². The van der Waals surface area contributed by atoms with E-state index >= 15 is 0 Å². The van der Waals surface area contributed by atoms with E-state index in [1.165, 1.54) is 23.3 Å². The van der Waals surface area contributed by atoms with Crippen molar-refractivity contribution in [1.82, 2.24) is 14.8 Å². The lowest BCUT2D eigenvalue weighted by molar-refractivity contribution is -0.274. The van der Waals surface area contributed by atoms with Crippen molar-refractivity contribution < 1.29 is 17.9 Å². The molecule has 1 unspecified atom stereocenters. The molecule has 3 rings (SSSR count). The Morgan fingerprint density at radius 3 is 2.50 bits per heavy atom. The molecule has 1 aromatic heterocycles. The minimum absolute atomic E-state index is 0.203. The predicted octanol–water partition coefficient (Wildman–Crippen LogP) is 3.71. The van der Waals surface area contributed by atoms with E-state index in [0.29, 0.717) is 12.7 Å². The fourth-order valence-corrected chi connectivity index (χ4v) is 3.41. The van der Waals surface area contributed by atoms with E-state index in [2.05, 4.69) is 37.4 Å². The Labute approximate surface area is 163 Å². The van der Waals surface area contributed by atoms with Crippen LogP contribution in [0.15, 0.2) is 42.7 Å². The van der Waals surface area contributed by atoms with E-state index in [-0.39, 0.29) is 5.75 Å². The van der Waals surface area contributed by atoms with Crippen molar-refractivity contribution >= 4 is 5.69 Å². The molecular weight excluding hydrogens is 369 g/mol. The van der Waals surface area contributed by atoms with Gasteiger partial charge in [-0.1, -0.05) is 0 Å². The molecule has 152 valence electrons. The summed E-state index contributed by atoms with van der Waals surface area (Å²) in [5, 5.41) is 0. The summed E-state index contributed by atoms with van der Waals surface area (Å²) in [7, 11) is 4.06. The lowest BCUT2D eigenvalue weighted by Crippen LogP contribution is -2.29. The van der Waals surface area contributed by atoms with Crippen molar-refractivity contribution in [3.8, 4) is 5.75 Å². The normalized spacial score (nSPS) is 18.1. The average molecular weight is 394 g/mol. The Kier molecular flexibility index (Phi) is 6.10. The van der Waals surface area contributed by atoms with Crippen LogP contribution in [0.5, 0.6) is 5.75 Å². The van der Waals surface area contributed by atoms with Gasteiger partial charge in [-0.2, -0.15) is 0 Å². The van der Waals surface area contributed by atoms with Crippen LogP contribution in [0.2, 0.25) is 0 Å². The van der Waals surface area contributed by atoms with Gasteiger partial charge in [-0.15, -0.1) is 13.2 Å². The molecule has 0 saturated carbocycles. The summed E-state index contributed by atoms with van der Waals surface area (Å²) in [5.41, 5.74) is 3.32. The van der Waals surface area contributed by atoms with Crippen LogP contribution >= 0.6 is 0 Å². The molecule has 5 nitrogen and oxygen atoms in total. The average Bonchev–Trinajstić information content (AvgIpc) is 2.96. The van der Waals surface area contributed by atoms with Crippen LogP contribution < -0.4 is 9.64 Å². The third-order valence-corrected chi connectivity index (χ3v) is 4.76. The van der Waals surface area contributed by atoms with Gasteiger partial charge in [-0.05, 0) is 62.5 Å². The first-order chi connectivity index (χ1) is 13.2. The first kappa shape index (κ1) is 20.4. The lowest BCUT2D eigenvalue weighted by atomic mass is 10.1. The maximum Gasteiger partial charge on any atom is 0.573 e. The molecule has 2 heterocycles. The molecule has 0 N–H and O–H groups in total. The summed E-state index contributed by atoms with van der Waals surface area (Å²) >= 11 is 0. The predicted molar refractivity (Wildman–Crippen MR) is 102 cm³/mol. The van der Waals surface area contributed by atoms with Crippen LogP contribution in [0.4, 0.5) is 18.9 Å². The quantitative estimate of drug-likeness (QED) is 0.746. The highest BCUT2D eigenvalue weighted by molar-refractivity contribution is 5.50. The Morgan fingerprint density at radius 1 is 1.14 bits per heavy atom. The van der Waals surface area contributed by atoms with Crippen LogP contribution in [-0.2, 0) is 13.1 Å². The van der Waals surface area contributed by atoms with Gasteiger partial charge in [0.2, 0.25) is 0 Å². The number of benzene rings is 1. The highest BCUT2D eigenvalue weighted by atomic mass is 19.4. The number of ether oxygens (including phenoxy) is 1. The van der Waals surface area contributed by atoms with Gasteiger partial charge in [-0.25, -0.2) is 0 Å². The molecule has 1 aliphatic heterocycles. The second-order valence-electron chi connectivity index (χ2n) is 7.38. The molecule has 1 atom stereocenters. The lowest BCUT2D eigenvalue weighted by Gasteiger charge is -2.23. The Balaban J connectivity index is 1.66. The number of halogens is 3. The van der Waals surface area contributed by atoms with Gasteiger partial charge in [0.25, 0.3) is 0 Å². The largest absolute Gasteiger partial charge is 0.573 e. The monoisotopic (exact) mass is 394 g/mol. The van der Waals surface area contributed by atoms with E-state index in [4.69, 9.17) is 0 Å². The van der Waals surface area contributed by atoms with Gasteiger partial charge in [0.15, 0.2) is 0 Å². The highest BCUT2D eigenvalue weighted by Crippen LogP contribution is 2.28. The van der Waals surface area contributed by atoms with E-state index in [0.717, 1.165) is 25.3 Å². The molecule has 1 saturated heterocycles. The highest BCUT2D eigenvalue weighted by Gasteiger charge is 2.31. The maximum absolute atomic E-state index is 12.3. The minimum Gasteiger partial charge on any atom is -0.406 e. The van der Waals surface area contributed by atoms with Gasteiger partial charge in [-0.3, -0.25) is 9.88 Å². The molecule has 0 aliphatic carbocycles. The maximum atomic E-state index is 12.3. The first-order valence-corrected chi connectivity index (χ1v) is 9.12. The van der Waals surface area contributed by atoms with E-state index < -0.39 is 6.36 Å².